The van der Waals surface area contributed by atoms with Gasteiger partial charge in [0.05, 0.1) is 32.1 Å². The number of nitrogens with zero attached hydrogens (tertiary/aromatic N) is 3. The number of halogens is 6. The quantitative estimate of drug-likeness (QED) is 0.0379. The molecule has 0 radical (unpaired) electrons. The molecule has 21 heteroatoms. The monoisotopic (exact) mass is 1400 g/mol. The molecule has 9 rings (SSSR count). The number of esters is 3. The van der Waals surface area contributed by atoms with E-state index < -0.39 is 71.8 Å². The number of hydrogen-bond donors (Lipinski definition) is 3. The number of hydrogen-bond acceptors (Lipinski definition) is 15. The predicted octanol–water partition coefficient (Wildman–Crippen LogP) is 20.5. The van der Waals surface area contributed by atoms with Gasteiger partial charge in [-0.3, -0.25) is 0 Å². The topological polar surface area (TPSA) is 214 Å². The van der Waals surface area contributed by atoms with Crippen molar-refractivity contribution in [3.05, 3.63) is 266 Å². The molecular weight excluding hydrogens is 1330 g/mol. The lowest BCUT2D eigenvalue weighted by molar-refractivity contribution is -0.149. The molecule has 0 amide bonds. The van der Waals surface area contributed by atoms with E-state index in [4.69, 9.17) is 63.2 Å². The fourth-order valence-electron chi connectivity index (χ4n) is 9.48. The van der Waals surface area contributed by atoms with Gasteiger partial charge in [-0.2, -0.15) is 15.8 Å². The van der Waals surface area contributed by atoms with Crippen LogP contribution >= 0.6 is 34.8 Å². The third-order valence-electron chi connectivity index (χ3n) is 14.8. The van der Waals surface area contributed by atoms with Crippen LogP contribution < -0.4 is 30.2 Å². The highest BCUT2D eigenvalue weighted by Crippen LogP contribution is 2.35. The lowest BCUT2D eigenvalue weighted by Gasteiger charge is -2.24. The fourth-order valence-corrected chi connectivity index (χ4v) is 10.3. The van der Waals surface area contributed by atoms with Crippen LogP contribution in [-0.4, -0.2) is 36.0 Å². The van der Waals surface area contributed by atoms with Crippen LogP contribution in [-0.2, 0) is 28.6 Å². The number of carbonyl (C=O) groups excluding carboxylic acids is 3. The summed E-state index contributed by atoms with van der Waals surface area (Å²) >= 11 is 18.9. The highest BCUT2D eigenvalue weighted by Gasteiger charge is 2.32. The van der Waals surface area contributed by atoms with Crippen LogP contribution in [0.4, 0.5) is 30.2 Å². The smallest absolute Gasteiger partial charge is 0.330 e. The fraction of sp³-hybridized carbons (Fsp3) is 0.231. The highest BCUT2D eigenvalue weighted by atomic mass is 35.5. The molecule has 9 aromatic carbocycles. The zero-order valence-electron chi connectivity index (χ0n) is 55.5. The van der Waals surface area contributed by atoms with E-state index in [9.17, 15) is 43.3 Å². The standard InChI is InChI=1S/3C26H24ClFN2O3/c1-16(2)25(30-22-12-9-17(3)13-20(22)27)26(31)33-24(15-29)18-10-11-21(28)23(14-18)32-19-7-5-4-6-8-19;1-16(2)25(30-23-12-9-17(3)13-21(23)27)26(31)33-24(15-29)20-14-19(10-11-22(20)28)32-18-7-5-4-6-8-18;1-16(2)25(30-23-10-9-17(3)11-22(23)27)26(31)33-24(15-29)18-12-19(28)14-21(13-18)32-20-7-5-4-6-8-20/h3*4-14,16,24-25,30H,1-3H3. The molecule has 6 atom stereocenters. The number of nitriles is 3. The van der Waals surface area contributed by atoms with Crippen molar-refractivity contribution in [2.75, 3.05) is 16.0 Å². The molecule has 6 unspecified atom stereocenters. The number of ether oxygens (including phenoxy) is 6. The second-order valence-electron chi connectivity index (χ2n) is 23.7. The Balaban J connectivity index is 0.000000209. The Morgan fingerprint density at radius 3 is 1.15 bits per heavy atom. The maximum atomic E-state index is 14.6. The maximum absolute atomic E-state index is 14.6. The molecule has 0 aliphatic rings. The van der Waals surface area contributed by atoms with E-state index in [1.54, 1.807) is 109 Å². The molecule has 0 aliphatic heterocycles. The molecule has 3 N–H and O–H groups in total. The molecular formula is C78H72Cl3F3N6O9. The van der Waals surface area contributed by atoms with E-state index in [2.05, 4.69) is 16.0 Å². The predicted molar refractivity (Wildman–Crippen MR) is 377 cm³/mol. The molecule has 0 bridgehead atoms. The average molecular weight is 1400 g/mol. The van der Waals surface area contributed by atoms with E-state index in [1.807, 2.05) is 117 Å². The van der Waals surface area contributed by atoms with Crippen molar-refractivity contribution >= 4 is 69.8 Å². The van der Waals surface area contributed by atoms with Crippen LogP contribution in [0.15, 0.2) is 200 Å². The first-order valence-electron chi connectivity index (χ1n) is 31.3. The number of rotatable bonds is 24. The number of nitrogens with one attached hydrogen (secondary N) is 3. The van der Waals surface area contributed by atoms with Gasteiger partial charge in [0, 0.05) is 22.8 Å². The van der Waals surface area contributed by atoms with Gasteiger partial charge >= 0.3 is 17.9 Å². The van der Waals surface area contributed by atoms with Gasteiger partial charge in [0.1, 0.15) is 76.7 Å². The summed E-state index contributed by atoms with van der Waals surface area (Å²) in [6.45, 7) is 16.8. The number of benzene rings is 9. The van der Waals surface area contributed by atoms with E-state index in [0.717, 1.165) is 22.8 Å². The minimum atomic E-state index is -1.45. The summed E-state index contributed by atoms with van der Waals surface area (Å²) < 4.78 is 76.5. The Bertz CT molecular complexity index is 4360. The summed E-state index contributed by atoms with van der Waals surface area (Å²) in [7, 11) is 0. The van der Waals surface area contributed by atoms with Crippen LogP contribution in [0.1, 0.15) is 93.2 Å². The SMILES string of the molecule is Cc1ccc(NC(C(=O)OC(C#N)c2cc(F)cc(Oc3ccccc3)c2)C(C)C)c(Cl)c1.Cc1ccc(NC(C(=O)OC(C#N)c2cc(Oc3ccccc3)ccc2F)C(C)C)c(Cl)c1.Cc1ccc(NC(C(=O)OC(C#N)c2ccc(F)c(Oc3ccccc3)c2)C(C)C)c(Cl)c1. The molecule has 0 heterocycles. The molecule has 9 aromatic rings. The Morgan fingerprint density at radius 2 is 0.758 bits per heavy atom. The first-order valence-corrected chi connectivity index (χ1v) is 32.4. The van der Waals surface area contributed by atoms with Gasteiger partial charge in [0.2, 0.25) is 18.3 Å². The second-order valence-corrected chi connectivity index (χ2v) is 24.9. The van der Waals surface area contributed by atoms with E-state index in [0.29, 0.717) is 60.7 Å². The molecule has 0 saturated heterocycles. The summed E-state index contributed by atoms with van der Waals surface area (Å²) in [4.78, 5) is 38.9. The molecule has 0 saturated carbocycles. The Labute approximate surface area is 589 Å². The molecule has 0 aromatic heterocycles. The Kier molecular flexibility index (Phi) is 28.0. The van der Waals surface area contributed by atoms with Gasteiger partial charge in [0.15, 0.2) is 11.6 Å². The number of para-hydroxylation sites is 3. The third-order valence-corrected chi connectivity index (χ3v) is 15.7. The van der Waals surface area contributed by atoms with Crippen LogP contribution in [0.25, 0.3) is 0 Å². The Morgan fingerprint density at radius 1 is 0.384 bits per heavy atom. The summed E-state index contributed by atoms with van der Waals surface area (Å²) in [6, 6.07) is 58.0. The van der Waals surface area contributed by atoms with Gasteiger partial charge < -0.3 is 44.4 Å². The summed E-state index contributed by atoms with van der Waals surface area (Å²) in [6.07, 6.45) is -4.01. The third kappa shape index (κ3) is 22.4. The van der Waals surface area contributed by atoms with E-state index >= 15 is 0 Å². The lowest BCUT2D eigenvalue weighted by atomic mass is 10.0. The average Bonchev–Trinajstić information content (AvgIpc) is 0.851. The number of carbonyl (C=O) groups is 3. The maximum Gasteiger partial charge on any atom is 0.330 e. The van der Waals surface area contributed by atoms with E-state index in [1.165, 1.54) is 48.5 Å². The normalized spacial score (nSPS) is 12.5. The minimum Gasteiger partial charge on any atom is -0.457 e. The molecule has 510 valence electrons. The van der Waals surface area contributed by atoms with Crippen molar-refractivity contribution < 1.29 is 56.0 Å². The van der Waals surface area contributed by atoms with Gasteiger partial charge in [-0.1, -0.05) is 155 Å². The van der Waals surface area contributed by atoms with Crippen molar-refractivity contribution in [2.24, 2.45) is 17.8 Å². The highest BCUT2D eigenvalue weighted by molar-refractivity contribution is 6.34. The molecule has 0 fully saturated rings. The Hall–Kier alpha value is -10.7. The molecule has 0 spiro atoms. The van der Waals surface area contributed by atoms with Gasteiger partial charge in [0.25, 0.3) is 0 Å². The van der Waals surface area contributed by atoms with Crippen molar-refractivity contribution in [2.45, 2.75) is 98.8 Å². The van der Waals surface area contributed by atoms with E-state index in [-0.39, 0.29) is 40.4 Å². The van der Waals surface area contributed by atoms with Crippen LogP contribution in [0, 0.1) is 90.0 Å². The van der Waals surface area contributed by atoms with Crippen LogP contribution in [0.2, 0.25) is 15.1 Å². The van der Waals surface area contributed by atoms with Gasteiger partial charge in [-0.25, -0.2) is 27.6 Å². The summed E-state index contributed by atoms with van der Waals surface area (Å²) in [5, 5.41) is 39.6. The minimum absolute atomic E-state index is 0.0695. The van der Waals surface area contributed by atoms with Crippen molar-refractivity contribution in [1.29, 1.82) is 15.8 Å². The van der Waals surface area contributed by atoms with Crippen molar-refractivity contribution in [3.8, 4) is 52.7 Å². The number of anilines is 3. The summed E-state index contributed by atoms with van der Waals surface area (Å²) in [5.74, 6) is -2.41. The first kappa shape index (κ1) is 75.7. The van der Waals surface area contributed by atoms with Crippen LogP contribution in [0.3, 0.4) is 0 Å². The number of aryl methyl sites for hydroxylation is 3. The van der Waals surface area contributed by atoms with Crippen LogP contribution in [0.5, 0.6) is 34.5 Å². The largest absolute Gasteiger partial charge is 0.457 e. The van der Waals surface area contributed by atoms with Crippen molar-refractivity contribution in [3.63, 3.8) is 0 Å². The first-order chi connectivity index (χ1) is 47.3. The summed E-state index contributed by atoms with van der Waals surface area (Å²) in [5.41, 5.74) is 5.07. The van der Waals surface area contributed by atoms with Gasteiger partial charge in [-0.05, 0) is 170 Å². The van der Waals surface area contributed by atoms with Gasteiger partial charge in [-0.15, -0.1) is 0 Å². The lowest BCUT2D eigenvalue weighted by Crippen LogP contribution is -2.36. The van der Waals surface area contributed by atoms with Crippen molar-refractivity contribution in [1.82, 2.24) is 0 Å². The zero-order valence-corrected chi connectivity index (χ0v) is 57.8. The zero-order chi connectivity index (χ0) is 71.9. The second kappa shape index (κ2) is 36.6. The molecule has 15 nitrogen and oxygen atoms in total. The molecule has 0 aliphatic carbocycles. The molecule has 99 heavy (non-hydrogen) atoms.